The van der Waals surface area contributed by atoms with Gasteiger partial charge < -0.3 is 19.9 Å². The number of piperidine rings is 1. The number of aromatic nitrogens is 1. The number of anilines is 1. The Hall–Kier alpha value is -2.60. The summed E-state index contributed by atoms with van der Waals surface area (Å²) < 4.78 is 7.65. The van der Waals surface area contributed by atoms with E-state index in [9.17, 15) is 9.59 Å². The Balaban J connectivity index is 1.44. The molecule has 1 amide bonds. The number of hydrogen-bond donors (Lipinski definition) is 2. The lowest BCUT2D eigenvalue weighted by atomic mass is 9.99. The van der Waals surface area contributed by atoms with Crippen molar-refractivity contribution in [2.75, 3.05) is 18.4 Å². The van der Waals surface area contributed by atoms with E-state index in [0.717, 1.165) is 44.5 Å². The van der Waals surface area contributed by atoms with Crippen molar-refractivity contribution in [3.63, 3.8) is 0 Å². The van der Waals surface area contributed by atoms with E-state index in [1.54, 1.807) is 17.7 Å². The molecule has 1 unspecified atom stereocenters. The molecule has 0 bridgehead atoms. The molecule has 1 aromatic heterocycles. The van der Waals surface area contributed by atoms with Crippen molar-refractivity contribution in [2.24, 2.45) is 5.92 Å². The van der Waals surface area contributed by atoms with Crippen molar-refractivity contribution in [1.82, 2.24) is 9.88 Å². The van der Waals surface area contributed by atoms with Crippen molar-refractivity contribution in [3.8, 4) is 5.75 Å². The SMILES string of the molecule is Cc1ccn(CC2CCCNC2)c(=O)c1C(=O)Nc1ccc(OC2CCCC2)cc1. The fourth-order valence-electron chi connectivity index (χ4n) is 4.45. The molecule has 6 nitrogen and oxygen atoms in total. The molecule has 2 aromatic rings. The van der Waals surface area contributed by atoms with Crippen LogP contribution in [0.4, 0.5) is 5.69 Å². The van der Waals surface area contributed by atoms with Gasteiger partial charge in [0.05, 0.1) is 6.10 Å². The van der Waals surface area contributed by atoms with E-state index in [2.05, 4.69) is 10.6 Å². The summed E-state index contributed by atoms with van der Waals surface area (Å²) in [6.07, 6.45) is 8.99. The van der Waals surface area contributed by atoms with Gasteiger partial charge in [0, 0.05) is 18.4 Å². The lowest BCUT2D eigenvalue weighted by Gasteiger charge is -2.23. The quantitative estimate of drug-likeness (QED) is 0.763. The number of amides is 1. The van der Waals surface area contributed by atoms with E-state index in [-0.39, 0.29) is 17.0 Å². The number of ether oxygens (including phenoxy) is 1. The van der Waals surface area contributed by atoms with Crippen LogP contribution in [0.1, 0.15) is 54.4 Å². The molecule has 1 aliphatic heterocycles. The molecule has 1 aromatic carbocycles. The maximum atomic E-state index is 13.0. The second kappa shape index (κ2) is 9.47. The lowest BCUT2D eigenvalue weighted by molar-refractivity contribution is 0.102. The summed E-state index contributed by atoms with van der Waals surface area (Å²) in [6.45, 7) is 4.40. The smallest absolute Gasteiger partial charge is 0.263 e. The van der Waals surface area contributed by atoms with Crippen LogP contribution in [0.2, 0.25) is 0 Å². The van der Waals surface area contributed by atoms with Gasteiger partial charge in [-0.05, 0) is 100 Å². The first-order valence-electron chi connectivity index (χ1n) is 11.1. The molecule has 1 saturated carbocycles. The lowest BCUT2D eigenvalue weighted by Crippen LogP contribution is -2.36. The summed E-state index contributed by atoms with van der Waals surface area (Å²) in [5.41, 5.74) is 1.34. The Morgan fingerprint density at radius 3 is 2.60 bits per heavy atom. The number of carbonyl (C=O) groups excluding carboxylic acids is 1. The molecule has 4 rings (SSSR count). The molecule has 2 heterocycles. The zero-order chi connectivity index (χ0) is 20.9. The van der Waals surface area contributed by atoms with E-state index in [1.165, 1.54) is 12.8 Å². The third-order valence-corrected chi connectivity index (χ3v) is 6.17. The highest BCUT2D eigenvalue weighted by Gasteiger charge is 2.20. The van der Waals surface area contributed by atoms with Crippen LogP contribution in [0.15, 0.2) is 41.3 Å². The number of nitrogens with zero attached hydrogens (tertiary/aromatic N) is 1. The number of carbonyl (C=O) groups is 1. The Kier molecular flexibility index (Phi) is 6.53. The molecule has 1 saturated heterocycles. The van der Waals surface area contributed by atoms with E-state index < -0.39 is 0 Å². The van der Waals surface area contributed by atoms with Crippen LogP contribution >= 0.6 is 0 Å². The van der Waals surface area contributed by atoms with Crippen molar-refractivity contribution in [1.29, 1.82) is 0 Å². The van der Waals surface area contributed by atoms with E-state index in [1.807, 2.05) is 30.3 Å². The maximum Gasteiger partial charge on any atom is 0.263 e. The average Bonchev–Trinajstić information content (AvgIpc) is 3.26. The molecule has 6 heteroatoms. The Morgan fingerprint density at radius 1 is 1.13 bits per heavy atom. The van der Waals surface area contributed by atoms with Gasteiger partial charge in [-0.2, -0.15) is 0 Å². The van der Waals surface area contributed by atoms with Gasteiger partial charge in [-0.3, -0.25) is 9.59 Å². The van der Waals surface area contributed by atoms with Crippen molar-refractivity contribution < 1.29 is 9.53 Å². The van der Waals surface area contributed by atoms with Gasteiger partial charge in [0.2, 0.25) is 0 Å². The van der Waals surface area contributed by atoms with Crippen LogP contribution in [-0.4, -0.2) is 29.7 Å². The molecule has 2 fully saturated rings. The number of hydrogen-bond acceptors (Lipinski definition) is 4. The number of benzene rings is 1. The fourth-order valence-corrected chi connectivity index (χ4v) is 4.45. The third kappa shape index (κ3) is 4.93. The zero-order valence-corrected chi connectivity index (χ0v) is 17.7. The highest BCUT2D eigenvalue weighted by atomic mass is 16.5. The fraction of sp³-hybridized carbons (Fsp3) is 0.500. The normalized spacial score (nSPS) is 19.6. The molecular formula is C24H31N3O3. The summed E-state index contributed by atoms with van der Waals surface area (Å²) in [5.74, 6) is 0.875. The zero-order valence-electron chi connectivity index (χ0n) is 17.7. The van der Waals surface area contributed by atoms with Crippen LogP contribution < -0.4 is 20.9 Å². The molecule has 1 atom stereocenters. The van der Waals surface area contributed by atoms with Crippen LogP contribution in [0.3, 0.4) is 0 Å². The standard InChI is InChI=1S/C24H31N3O3/c1-17-12-14-27(16-18-5-4-13-25-15-18)24(29)22(17)23(28)26-19-8-10-21(11-9-19)30-20-6-2-3-7-20/h8-12,14,18,20,25H,2-7,13,15-16H2,1H3,(H,26,28). The summed E-state index contributed by atoms with van der Waals surface area (Å²) in [7, 11) is 0. The Morgan fingerprint density at radius 2 is 1.90 bits per heavy atom. The van der Waals surface area contributed by atoms with Gasteiger partial charge in [-0.1, -0.05) is 0 Å². The molecule has 2 aliphatic rings. The van der Waals surface area contributed by atoms with Crippen LogP contribution in [-0.2, 0) is 6.54 Å². The van der Waals surface area contributed by atoms with Crippen LogP contribution in [0, 0.1) is 12.8 Å². The molecule has 1 aliphatic carbocycles. The highest BCUT2D eigenvalue weighted by Crippen LogP contribution is 2.25. The molecule has 30 heavy (non-hydrogen) atoms. The average molecular weight is 410 g/mol. The monoisotopic (exact) mass is 409 g/mol. The Labute approximate surface area is 177 Å². The largest absolute Gasteiger partial charge is 0.490 e. The minimum atomic E-state index is -0.363. The van der Waals surface area contributed by atoms with Crippen LogP contribution in [0.5, 0.6) is 5.75 Å². The molecule has 160 valence electrons. The summed E-state index contributed by atoms with van der Waals surface area (Å²) in [5, 5.41) is 6.25. The predicted molar refractivity (Wildman–Crippen MR) is 118 cm³/mol. The Bertz CT molecular complexity index is 924. The van der Waals surface area contributed by atoms with Crippen molar-refractivity contribution in [3.05, 3.63) is 58.0 Å². The number of pyridine rings is 1. The first-order chi connectivity index (χ1) is 14.6. The third-order valence-electron chi connectivity index (χ3n) is 6.17. The predicted octanol–water partition coefficient (Wildman–Crippen LogP) is 3.73. The second-order valence-electron chi connectivity index (χ2n) is 8.55. The van der Waals surface area contributed by atoms with Gasteiger partial charge in [-0.25, -0.2) is 0 Å². The minimum absolute atomic E-state index is 0.215. The van der Waals surface area contributed by atoms with Crippen molar-refractivity contribution >= 4 is 11.6 Å². The molecule has 0 radical (unpaired) electrons. The minimum Gasteiger partial charge on any atom is -0.490 e. The first-order valence-corrected chi connectivity index (χ1v) is 11.1. The van der Waals surface area contributed by atoms with Gasteiger partial charge in [0.15, 0.2) is 0 Å². The summed E-state index contributed by atoms with van der Waals surface area (Å²) in [4.78, 5) is 25.9. The van der Waals surface area contributed by atoms with Gasteiger partial charge in [-0.15, -0.1) is 0 Å². The highest BCUT2D eigenvalue weighted by molar-refractivity contribution is 6.05. The first kappa shape index (κ1) is 20.7. The molecule has 0 spiro atoms. The van der Waals surface area contributed by atoms with Crippen LogP contribution in [0.25, 0.3) is 0 Å². The van der Waals surface area contributed by atoms with Gasteiger partial charge in [0.25, 0.3) is 11.5 Å². The summed E-state index contributed by atoms with van der Waals surface area (Å²) >= 11 is 0. The second-order valence-corrected chi connectivity index (χ2v) is 8.55. The summed E-state index contributed by atoms with van der Waals surface area (Å²) in [6, 6.07) is 9.25. The van der Waals surface area contributed by atoms with E-state index in [0.29, 0.717) is 29.8 Å². The molecular weight excluding hydrogens is 378 g/mol. The van der Waals surface area contributed by atoms with Gasteiger partial charge >= 0.3 is 0 Å². The van der Waals surface area contributed by atoms with Crippen molar-refractivity contribution in [2.45, 2.75) is 58.1 Å². The van der Waals surface area contributed by atoms with E-state index >= 15 is 0 Å². The van der Waals surface area contributed by atoms with E-state index in [4.69, 9.17) is 4.74 Å². The number of aryl methyl sites for hydroxylation is 1. The van der Waals surface area contributed by atoms with Gasteiger partial charge in [0.1, 0.15) is 11.3 Å². The molecule has 2 N–H and O–H groups in total. The number of rotatable bonds is 6. The topological polar surface area (TPSA) is 72.4 Å². The number of nitrogens with one attached hydrogen (secondary N) is 2. The maximum absolute atomic E-state index is 13.0.